The van der Waals surface area contributed by atoms with Gasteiger partial charge in [0.05, 0.1) is 17.1 Å². The molecule has 0 aromatic carbocycles. The highest BCUT2D eigenvalue weighted by Crippen LogP contribution is 2.42. The van der Waals surface area contributed by atoms with Gasteiger partial charge in [-0.15, -0.1) is 11.3 Å². The molecule has 7 heteroatoms. The summed E-state index contributed by atoms with van der Waals surface area (Å²) in [5.41, 5.74) is 5.06. The first-order chi connectivity index (χ1) is 13.1. The van der Waals surface area contributed by atoms with Crippen molar-refractivity contribution >= 4 is 16.3 Å². The summed E-state index contributed by atoms with van der Waals surface area (Å²) in [6.45, 7) is 8.07. The number of fused-ring (bicyclic) bond motifs is 1. The molecule has 0 radical (unpaired) electrons. The minimum Gasteiger partial charge on any atom is -0.370 e. The van der Waals surface area contributed by atoms with E-state index in [4.69, 9.17) is 9.72 Å². The number of aryl methyl sites for hydroxylation is 1. The molecule has 1 saturated heterocycles. The van der Waals surface area contributed by atoms with Crippen LogP contribution in [0.5, 0.6) is 0 Å². The van der Waals surface area contributed by atoms with E-state index in [2.05, 4.69) is 51.7 Å². The van der Waals surface area contributed by atoms with Crippen LogP contribution < -0.4 is 5.32 Å². The first-order valence-electron chi connectivity index (χ1n) is 9.97. The van der Waals surface area contributed by atoms with Gasteiger partial charge in [-0.25, -0.2) is 4.98 Å². The molecule has 3 aromatic rings. The molecule has 1 aliphatic heterocycles. The Morgan fingerprint density at radius 2 is 2.15 bits per heavy atom. The molecule has 27 heavy (non-hydrogen) atoms. The number of imidazole rings is 1. The van der Waals surface area contributed by atoms with E-state index in [1.807, 2.05) is 6.20 Å². The monoisotopic (exact) mass is 385 g/mol. The fourth-order valence-electron chi connectivity index (χ4n) is 4.21. The molecule has 2 aliphatic rings. The van der Waals surface area contributed by atoms with Crippen LogP contribution in [0, 0.1) is 6.92 Å². The molecule has 1 aliphatic carbocycles. The van der Waals surface area contributed by atoms with Crippen LogP contribution in [0.2, 0.25) is 0 Å². The lowest BCUT2D eigenvalue weighted by Crippen LogP contribution is -2.33. The molecule has 2 fully saturated rings. The second-order valence-corrected chi connectivity index (χ2v) is 8.90. The average molecular weight is 386 g/mol. The third kappa shape index (κ3) is 3.02. The lowest BCUT2D eigenvalue weighted by atomic mass is 10.1. The van der Waals surface area contributed by atoms with Gasteiger partial charge in [0.1, 0.15) is 6.10 Å². The van der Waals surface area contributed by atoms with E-state index in [1.54, 1.807) is 11.3 Å². The minimum absolute atomic E-state index is 0.0593. The molecule has 3 aromatic heterocycles. The predicted molar refractivity (Wildman–Crippen MR) is 106 cm³/mol. The minimum atomic E-state index is 0.0593. The molecule has 0 amide bonds. The van der Waals surface area contributed by atoms with Crippen LogP contribution >= 0.6 is 11.3 Å². The third-order valence-electron chi connectivity index (χ3n) is 5.79. The summed E-state index contributed by atoms with van der Waals surface area (Å²) in [4.78, 5) is 5.92. The van der Waals surface area contributed by atoms with Crippen LogP contribution in [0.4, 0.5) is 0 Å². The van der Waals surface area contributed by atoms with Gasteiger partial charge in [0.15, 0.2) is 4.96 Å². The van der Waals surface area contributed by atoms with Crippen LogP contribution in [0.3, 0.4) is 0 Å². The lowest BCUT2D eigenvalue weighted by Gasteiger charge is -2.22. The van der Waals surface area contributed by atoms with Crippen LogP contribution in [0.15, 0.2) is 17.6 Å². The van der Waals surface area contributed by atoms with Gasteiger partial charge in [-0.05, 0) is 46.1 Å². The summed E-state index contributed by atoms with van der Waals surface area (Å²) < 4.78 is 10.6. The Balaban J connectivity index is 1.38. The second kappa shape index (κ2) is 6.72. The Hall–Kier alpha value is -1.70. The van der Waals surface area contributed by atoms with Crippen LogP contribution in [-0.2, 0) is 11.3 Å². The van der Waals surface area contributed by atoms with Crippen molar-refractivity contribution in [3.05, 3.63) is 40.4 Å². The fraction of sp³-hybridized carbons (Fsp3) is 0.600. The standard InChI is InChI=1S/C20H27N5OS/c1-12(2)25-16(6-8-22-25)19-15(7-9-26-19)21-10-17-13(3)23-20-24(17)18(11-27-20)14-4-5-14/h6,8,11-12,14-15,19,21H,4-5,7,9-10H2,1-3H3/t15-,19-/m0/s1. The highest BCUT2D eigenvalue weighted by molar-refractivity contribution is 7.15. The summed E-state index contributed by atoms with van der Waals surface area (Å²) in [5.74, 6) is 0.731. The maximum absolute atomic E-state index is 6.10. The van der Waals surface area contributed by atoms with Crippen molar-refractivity contribution in [1.29, 1.82) is 0 Å². The van der Waals surface area contributed by atoms with Crippen molar-refractivity contribution in [2.24, 2.45) is 0 Å². The molecule has 0 bridgehead atoms. The van der Waals surface area contributed by atoms with Crippen molar-refractivity contribution in [1.82, 2.24) is 24.5 Å². The molecule has 0 unspecified atom stereocenters. The number of rotatable bonds is 6. The van der Waals surface area contributed by atoms with E-state index >= 15 is 0 Å². The normalized spacial score (nSPS) is 23.1. The first-order valence-corrected chi connectivity index (χ1v) is 10.8. The Bertz CT molecular complexity index is 951. The molecule has 1 saturated carbocycles. The van der Waals surface area contributed by atoms with E-state index in [0.29, 0.717) is 12.1 Å². The number of nitrogens with one attached hydrogen (secondary N) is 1. The Labute approximate surface area is 163 Å². The average Bonchev–Trinajstić information content (AvgIpc) is 3.03. The SMILES string of the molecule is Cc1nc2scc(C3CC3)n2c1CN[C@H]1CCO[C@@H]1c1ccnn1C(C)C. The Morgan fingerprint density at radius 3 is 2.93 bits per heavy atom. The van der Waals surface area contributed by atoms with Gasteiger partial charge in [-0.1, -0.05) is 0 Å². The highest BCUT2D eigenvalue weighted by atomic mass is 32.1. The number of hydrogen-bond donors (Lipinski definition) is 1. The maximum Gasteiger partial charge on any atom is 0.194 e. The van der Waals surface area contributed by atoms with Crippen molar-refractivity contribution in [3.63, 3.8) is 0 Å². The molecule has 144 valence electrons. The molecular weight excluding hydrogens is 358 g/mol. The first kappa shape index (κ1) is 17.4. The molecule has 0 spiro atoms. The van der Waals surface area contributed by atoms with Crippen molar-refractivity contribution in [2.75, 3.05) is 6.61 Å². The van der Waals surface area contributed by atoms with Gasteiger partial charge in [0, 0.05) is 48.4 Å². The van der Waals surface area contributed by atoms with Gasteiger partial charge in [0.2, 0.25) is 0 Å². The zero-order chi connectivity index (χ0) is 18.5. The topological polar surface area (TPSA) is 56.4 Å². The van der Waals surface area contributed by atoms with E-state index in [0.717, 1.165) is 36.1 Å². The van der Waals surface area contributed by atoms with Crippen molar-refractivity contribution in [2.45, 2.75) is 70.7 Å². The zero-order valence-electron chi connectivity index (χ0n) is 16.2. The molecule has 5 rings (SSSR count). The van der Waals surface area contributed by atoms with Crippen LogP contribution in [0.1, 0.15) is 73.9 Å². The maximum atomic E-state index is 6.10. The molecule has 4 heterocycles. The van der Waals surface area contributed by atoms with E-state index < -0.39 is 0 Å². The fourth-order valence-corrected chi connectivity index (χ4v) is 5.25. The summed E-state index contributed by atoms with van der Waals surface area (Å²) in [5, 5.41) is 10.6. The van der Waals surface area contributed by atoms with Crippen molar-refractivity contribution in [3.8, 4) is 0 Å². The number of ether oxygens (including phenoxy) is 1. The zero-order valence-corrected chi connectivity index (χ0v) is 17.0. The quantitative estimate of drug-likeness (QED) is 0.697. The lowest BCUT2D eigenvalue weighted by molar-refractivity contribution is 0.0898. The summed E-state index contributed by atoms with van der Waals surface area (Å²) >= 11 is 1.77. The Kier molecular flexibility index (Phi) is 4.33. The van der Waals surface area contributed by atoms with Crippen LogP contribution in [-0.4, -0.2) is 31.8 Å². The predicted octanol–water partition coefficient (Wildman–Crippen LogP) is 3.98. The number of hydrogen-bond acceptors (Lipinski definition) is 5. The molecule has 1 N–H and O–H groups in total. The van der Waals surface area contributed by atoms with E-state index in [1.165, 1.54) is 29.9 Å². The van der Waals surface area contributed by atoms with E-state index in [9.17, 15) is 0 Å². The van der Waals surface area contributed by atoms with Gasteiger partial charge < -0.3 is 10.1 Å². The van der Waals surface area contributed by atoms with Gasteiger partial charge in [-0.3, -0.25) is 9.08 Å². The second-order valence-electron chi connectivity index (χ2n) is 8.06. The Morgan fingerprint density at radius 1 is 1.30 bits per heavy atom. The molecular formula is C20H27N5OS. The number of nitrogens with zero attached hydrogens (tertiary/aromatic N) is 4. The largest absolute Gasteiger partial charge is 0.370 e. The summed E-state index contributed by atoms with van der Waals surface area (Å²) in [6.07, 6.45) is 5.59. The van der Waals surface area contributed by atoms with Gasteiger partial charge >= 0.3 is 0 Å². The van der Waals surface area contributed by atoms with Gasteiger partial charge in [-0.2, -0.15) is 5.10 Å². The number of thiazole rings is 1. The van der Waals surface area contributed by atoms with Crippen LogP contribution in [0.25, 0.3) is 4.96 Å². The number of aromatic nitrogens is 4. The highest BCUT2D eigenvalue weighted by Gasteiger charge is 2.33. The van der Waals surface area contributed by atoms with Gasteiger partial charge in [0.25, 0.3) is 0 Å². The smallest absolute Gasteiger partial charge is 0.194 e. The summed E-state index contributed by atoms with van der Waals surface area (Å²) in [7, 11) is 0. The molecule has 2 atom stereocenters. The molecule has 6 nitrogen and oxygen atoms in total. The van der Waals surface area contributed by atoms with Crippen molar-refractivity contribution < 1.29 is 4.74 Å². The summed E-state index contributed by atoms with van der Waals surface area (Å²) in [6, 6.07) is 2.73. The van der Waals surface area contributed by atoms with E-state index in [-0.39, 0.29) is 6.10 Å². The third-order valence-corrected chi connectivity index (χ3v) is 6.63.